The fourth-order valence-corrected chi connectivity index (χ4v) is 2.25. The summed E-state index contributed by atoms with van der Waals surface area (Å²) in [5.74, 6) is 0. The van der Waals surface area contributed by atoms with Crippen molar-refractivity contribution in [1.29, 1.82) is 0 Å². The van der Waals surface area contributed by atoms with E-state index in [1.54, 1.807) is 0 Å². The fourth-order valence-electron chi connectivity index (χ4n) is 1.42. The maximum absolute atomic E-state index is 3.47. The summed E-state index contributed by atoms with van der Waals surface area (Å²) in [5.41, 5.74) is 0. The molecule has 0 unspecified atom stereocenters. The summed E-state index contributed by atoms with van der Waals surface area (Å²) in [4.78, 5) is 1.50. The first kappa shape index (κ1) is 6.38. The molecule has 2 rings (SSSR count). The highest BCUT2D eigenvalue weighted by atomic mass is 32.1. The molecule has 0 radical (unpaired) electrons. The Bertz CT molecular complexity index is 187. The number of thiophene rings is 1. The minimum atomic E-state index is 0.667. The minimum Gasteiger partial charge on any atom is -0.309 e. The molecular formula is C8H11NS. The second-order valence-electron chi connectivity index (χ2n) is 2.66. The molecular weight excluding hydrogens is 142 g/mol. The Kier molecular flexibility index (Phi) is 1.74. The van der Waals surface area contributed by atoms with Crippen LogP contribution < -0.4 is 5.32 Å². The second-order valence-corrected chi connectivity index (χ2v) is 3.64. The van der Waals surface area contributed by atoms with E-state index in [-0.39, 0.29) is 0 Å². The highest BCUT2D eigenvalue weighted by Gasteiger charge is 2.15. The third-order valence-electron chi connectivity index (χ3n) is 1.95. The molecule has 0 saturated carbocycles. The van der Waals surface area contributed by atoms with Crippen LogP contribution in [0.25, 0.3) is 0 Å². The van der Waals surface area contributed by atoms with Gasteiger partial charge in [-0.1, -0.05) is 6.07 Å². The molecule has 1 aliphatic rings. The van der Waals surface area contributed by atoms with E-state index in [0.717, 1.165) is 0 Å². The summed E-state index contributed by atoms with van der Waals surface area (Å²) in [6.07, 6.45) is 2.66. The predicted octanol–water partition coefficient (Wildman–Crippen LogP) is 2.17. The molecule has 1 aliphatic heterocycles. The van der Waals surface area contributed by atoms with E-state index in [4.69, 9.17) is 0 Å². The second kappa shape index (κ2) is 2.72. The van der Waals surface area contributed by atoms with Crippen molar-refractivity contribution in [2.24, 2.45) is 0 Å². The molecule has 1 saturated heterocycles. The van der Waals surface area contributed by atoms with Crippen molar-refractivity contribution in [3.63, 3.8) is 0 Å². The predicted molar refractivity (Wildman–Crippen MR) is 44.3 cm³/mol. The van der Waals surface area contributed by atoms with Crippen LogP contribution in [-0.2, 0) is 0 Å². The van der Waals surface area contributed by atoms with Crippen LogP contribution in [0.5, 0.6) is 0 Å². The van der Waals surface area contributed by atoms with Crippen molar-refractivity contribution < 1.29 is 0 Å². The summed E-state index contributed by atoms with van der Waals surface area (Å²) in [5, 5.41) is 5.62. The van der Waals surface area contributed by atoms with Crippen LogP contribution >= 0.6 is 11.3 Å². The maximum atomic E-state index is 3.47. The first-order valence-corrected chi connectivity index (χ1v) is 4.61. The van der Waals surface area contributed by atoms with Gasteiger partial charge in [-0.2, -0.15) is 0 Å². The van der Waals surface area contributed by atoms with Gasteiger partial charge in [0.25, 0.3) is 0 Å². The third-order valence-corrected chi connectivity index (χ3v) is 2.93. The van der Waals surface area contributed by atoms with Crippen molar-refractivity contribution in [3.05, 3.63) is 22.4 Å². The van der Waals surface area contributed by atoms with Gasteiger partial charge in [-0.05, 0) is 30.8 Å². The smallest absolute Gasteiger partial charge is 0.0415 e. The lowest BCUT2D eigenvalue weighted by Gasteiger charge is -2.04. The summed E-state index contributed by atoms with van der Waals surface area (Å²) in [6.45, 7) is 1.20. The molecule has 0 bridgehead atoms. The number of nitrogens with one attached hydrogen (secondary N) is 1. The van der Waals surface area contributed by atoms with E-state index < -0.39 is 0 Å². The quantitative estimate of drug-likeness (QED) is 0.652. The van der Waals surface area contributed by atoms with Gasteiger partial charge in [0.15, 0.2) is 0 Å². The van der Waals surface area contributed by atoms with Gasteiger partial charge in [0.05, 0.1) is 0 Å². The molecule has 2 heterocycles. The first-order chi connectivity index (χ1) is 4.97. The number of rotatable bonds is 1. The zero-order chi connectivity index (χ0) is 6.81. The standard InChI is InChI=1S/C8H11NS/c1-3-7(9-5-1)8-4-2-6-10-8/h2,4,6-7,9H,1,3,5H2/t7-/m1/s1. The molecule has 54 valence electrons. The van der Waals surface area contributed by atoms with Crippen molar-refractivity contribution in [3.8, 4) is 0 Å². The molecule has 2 heteroatoms. The normalized spacial score (nSPS) is 25.4. The summed E-state index contributed by atoms with van der Waals surface area (Å²) >= 11 is 1.86. The van der Waals surface area contributed by atoms with Gasteiger partial charge >= 0.3 is 0 Å². The van der Waals surface area contributed by atoms with Crippen LogP contribution in [-0.4, -0.2) is 6.54 Å². The molecule has 1 fully saturated rings. The van der Waals surface area contributed by atoms with Crippen LogP contribution in [0.15, 0.2) is 17.5 Å². The van der Waals surface area contributed by atoms with Crippen LogP contribution in [0.1, 0.15) is 23.8 Å². The van der Waals surface area contributed by atoms with Crippen LogP contribution in [0.3, 0.4) is 0 Å². The highest BCUT2D eigenvalue weighted by molar-refractivity contribution is 7.10. The summed E-state index contributed by atoms with van der Waals surface area (Å²) < 4.78 is 0. The zero-order valence-electron chi connectivity index (χ0n) is 5.84. The molecule has 1 atom stereocenters. The Balaban J connectivity index is 2.12. The van der Waals surface area contributed by atoms with E-state index in [0.29, 0.717) is 6.04 Å². The van der Waals surface area contributed by atoms with Gasteiger partial charge in [-0.15, -0.1) is 11.3 Å². The third kappa shape index (κ3) is 1.09. The Morgan fingerprint density at radius 1 is 1.60 bits per heavy atom. The first-order valence-electron chi connectivity index (χ1n) is 3.73. The van der Waals surface area contributed by atoms with E-state index in [1.807, 2.05) is 11.3 Å². The highest BCUT2D eigenvalue weighted by Crippen LogP contribution is 2.26. The molecule has 1 N–H and O–H groups in total. The van der Waals surface area contributed by atoms with Crippen molar-refractivity contribution >= 4 is 11.3 Å². The van der Waals surface area contributed by atoms with Crippen LogP contribution in [0.2, 0.25) is 0 Å². The van der Waals surface area contributed by atoms with Gasteiger partial charge in [0.2, 0.25) is 0 Å². The van der Waals surface area contributed by atoms with Gasteiger partial charge in [0, 0.05) is 10.9 Å². The van der Waals surface area contributed by atoms with Crippen molar-refractivity contribution in [2.45, 2.75) is 18.9 Å². The lowest BCUT2D eigenvalue weighted by atomic mass is 10.2. The van der Waals surface area contributed by atoms with Crippen molar-refractivity contribution in [2.75, 3.05) is 6.54 Å². The molecule has 1 nitrogen and oxygen atoms in total. The average molecular weight is 153 g/mol. The minimum absolute atomic E-state index is 0.667. The van der Waals surface area contributed by atoms with Gasteiger partial charge in [-0.25, -0.2) is 0 Å². The topological polar surface area (TPSA) is 12.0 Å². The molecule has 1 aromatic heterocycles. The summed E-state index contributed by atoms with van der Waals surface area (Å²) in [6, 6.07) is 5.01. The molecule has 0 spiro atoms. The van der Waals surface area contributed by atoms with Crippen molar-refractivity contribution in [1.82, 2.24) is 5.32 Å². The van der Waals surface area contributed by atoms with Gasteiger partial charge in [0.1, 0.15) is 0 Å². The molecule has 1 aromatic rings. The number of hydrogen-bond donors (Lipinski definition) is 1. The van der Waals surface area contributed by atoms with Crippen LogP contribution in [0.4, 0.5) is 0 Å². The number of hydrogen-bond acceptors (Lipinski definition) is 2. The van der Waals surface area contributed by atoms with E-state index in [1.165, 1.54) is 24.3 Å². The molecule has 0 aromatic carbocycles. The maximum Gasteiger partial charge on any atom is 0.0415 e. The lowest BCUT2D eigenvalue weighted by molar-refractivity contribution is 0.660. The Labute approximate surface area is 65.1 Å². The SMILES string of the molecule is c1csc([C@H]2CCCN2)c1. The Morgan fingerprint density at radius 2 is 2.60 bits per heavy atom. The Morgan fingerprint density at radius 3 is 3.20 bits per heavy atom. The Hall–Kier alpha value is -0.340. The average Bonchev–Trinajstić information content (AvgIpc) is 2.59. The molecule has 0 amide bonds. The van der Waals surface area contributed by atoms with E-state index >= 15 is 0 Å². The largest absolute Gasteiger partial charge is 0.309 e. The van der Waals surface area contributed by atoms with E-state index in [2.05, 4.69) is 22.8 Å². The summed E-state index contributed by atoms with van der Waals surface area (Å²) in [7, 11) is 0. The monoisotopic (exact) mass is 153 g/mol. The zero-order valence-corrected chi connectivity index (χ0v) is 6.66. The van der Waals surface area contributed by atoms with Gasteiger partial charge in [-0.3, -0.25) is 0 Å². The van der Waals surface area contributed by atoms with Gasteiger partial charge < -0.3 is 5.32 Å². The van der Waals surface area contributed by atoms with Crippen LogP contribution in [0, 0.1) is 0 Å². The fraction of sp³-hybridized carbons (Fsp3) is 0.500. The lowest BCUT2D eigenvalue weighted by Crippen LogP contribution is -2.11. The molecule has 0 aliphatic carbocycles. The molecule has 10 heavy (non-hydrogen) atoms. The van der Waals surface area contributed by atoms with E-state index in [9.17, 15) is 0 Å².